The minimum atomic E-state index is 0.558. The summed E-state index contributed by atoms with van der Waals surface area (Å²) < 4.78 is 0. The van der Waals surface area contributed by atoms with Crippen molar-refractivity contribution in [1.29, 1.82) is 0 Å². The van der Waals surface area contributed by atoms with Gasteiger partial charge in [-0.05, 0) is 12.8 Å². The molecule has 0 unspecified atom stereocenters. The van der Waals surface area contributed by atoms with Gasteiger partial charge in [-0.15, -0.1) is 0 Å². The van der Waals surface area contributed by atoms with Crippen molar-refractivity contribution in [3.05, 3.63) is 17.1 Å². The molecule has 0 saturated heterocycles. The molecule has 1 fully saturated rings. The van der Waals surface area contributed by atoms with E-state index in [4.69, 9.17) is 10.7 Å². The van der Waals surface area contributed by atoms with Gasteiger partial charge in [0.25, 0.3) is 0 Å². The molecule has 1 aliphatic carbocycles. The summed E-state index contributed by atoms with van der Waals surface area (Å²) in [7, 11) is 0. The van der Waals surface area contributed by atoms with E-state index in [2.05, 4.69) is 10.3 Å². The highest BCUT2D eigenvalue weighted by Crippen LogP contribution is 2.33. The number of nitrogens with one attached hydrogen (secondary N) is 1. The van der Waals surface area contributed by atoms with E-state index in [0.717, 1.165) is 30.9 Å². The molecule has 16 heavy (non-hydrogen) atoms. The Morgan fingerprint density at radius 3 is 2.81 bits per heavy atom. The second-order valence-corrected chi connectivity index (χ2v) is 4.80. The minimum absolute atomic E-state index is 0.558. The fraction of sp³-hybridized carbons (Fsp3) is 0.667. The number of rotatable bonds is 1. The lowest BCUT2D eigenvalue weighted by molar-refractivity contribution is 0.603. The number of nitrogen functional groups attached to an aromatic ring is 1. The molecule has 2 heterocycles. The summed E-state index contributed by atoms with van der Waals surface area (Å²) in [6, 6.07) is 0. The Morgan fingerprint density at radius 2 is 2.00 bits per heavy atom. The first kappa shape index (κ1) is 10.0. The van der Waals surface area contributed by atoms with E-state index < -0.39 is 0 Å². The van der Waals surface area contributed by atoms with Crippen LogP contribution in [-0.2, 0) is 13.0 Å². The summed E-state index contributed by atoms with van der Waals surface area (Å²) in [5.41, 5.74) is 8.31. The summed E-state index contributed by atoms with van der Waals surface area (Å²) >= 11 is 0. The van der Waals surface area contributed by atoms with E-state index in [0.29, 0.717) is 11.7 Å². The molecule has 4 nitrogen and oxygen atoms in total. The van der Waals surface area contributed by atoms with Crippen molar-refractivity contribution in [1.82, 2.24) is 15.3 Å². The Kier molecular flexibility index (Phi) is 2.52. The van der Waals surface area contributed by atoms with Crippen molar-refractivity contribution in [2.24, 2.45) is 0 Å². The van der Waals surface area contributed by atoms with E-state index in [-0.39, 0.29) is 0 Å². The van der Waals surface area contributed by atoms with Gasteiger partial charge in [0.2, 0.25) is 0 Å². The molecule has 1 aromatic rings. The molecule has 1 aromatic heterocycles. The number of hydrogen-bond acceptors (Lipinski definition) is 4. The Balaban J connectivity index is 1.97. The van der Waals surface area contributed by atoms with Crippen LogP contribution in [0.15, 0.2) is 0 Å². The summed E-state index contributed by atoms with van der Waals surface area (Å²) in [6.07, 6.45) is 6.08. The van der Waals surface area contributed by atoms with Crippen LogP contribution >= 0.6 is 0 Å². The third-order valence-corrected chi connectivity index (χ3v) is 3.70. The number of nitrogens with two attached hydrogens (primary N) is 1. The molecule has 0 spiro atoms. The Hall–Kier alpha value is -1.16. The maximum absolute atomic E-state index is 6.02. The largest absolute Gasteiger partial charge is 0.383 e. The van der Waals surface area contributed by atoms with Crippen molar-refractivity contribution in [2.45, 2.75) is 44.6 Å². The van der Waals surface area contributed by atoms with Gasteiger partial charge in [-0.2, -0.15) is 0 Å². The van der Waals surface area contributed by atoms with Gasteiger partial charge in [0.1, 0.15) is 11.6 Å². The molecule has 0 atom stereocenters. The van der Waals surface area contributed by atoms with E-state index >= 15 is 0 Å². The van der Waals surface area contributed by atoms with Crippen molar-refractivity contribution < 1.29 is 0 Å². The Bertz CT molecular complexity index is 396. The van der Waals surface area contributed by atoms with Crippen molar-refractivity contribution >= 4 is 5.82 Å². The van der Waals surface area contributed by atoms with Crippen molar-refractivity contribution in [3.63, 3.8) is 0 Å². The monoisotopic (exact) mass is 218 g/mol. The molecular weight excluding hydrogens is 200 g/mol. The normalized spacial score (nSPS) is 21.0. The minimum Gasteiger partial charge on any atom is -0.383 e. The highest BCUT2D eigenvalue weighted by Gasteiger charge is 2.23. The van der Waals surface area contributed by atoms with Crippen LogP contribution < -0.4 is 11.1 Å². The highest BCUT2D eigenvalue weighted by molar-refractivity contribution is 5.43. The third kappa shape index (κ3) is 1.67. The second kappa shape index (κ2) is 4.01. The first-order valence-corrected chi connectivity index (χ1v) is 6.20. The molecule has 3 rings (SSSR count). The molecule has 4 heteroatoms. The summed E-state index contributed by atoms with van der Waals surface area (Å²) in [5, 5.41) is 3.31. The molecule has 0 amide bonds. The van der Waals surface area contributed by atoms with Gasteiger partial charge in [0.05, 0.1) is 5.69 Å². The lowest BCUT2D eigenvalue weighted by Gasteiger charge is -2.19. The quantitative estimate of drug-likeness (QED) is 0.747. The molecule has 1 saturated carbocycles. The van der Waals surface area contributed by atoms with Crippen LogP contribution in [0, 0.1) is 0 Å². The summed E-state index contributed by atoms with van der Waals surface area (Å²) in [4.78, 5) is 9.22. The zero-order valence-corrected chi connectivity index (χ0v) is 9.50. The SMILES string of the molecule is Nc1nc(C2CCCC2)nc2c1CNCC2. The molecule has 0 radical (unpaired) electrons. The first-order valence-electron chi connectivity index (χ1n) is 6.20. The average Bonchev–Trinajstić information content (AvgIpc) is 2.82. The van der Waals surface area contributed by atoms with E-state index in [9.17, 15) is 0 Å². The third-order valence-electron chi connectivity index (χ3n) is 3.70. The molecular formula is C12H18N4. The predicted octanol–water partition coefficient (Wildman–Crippen LogP) is 1.36. The van der Waals surface area contributed by atoms with Gasteiger partial charge in [-0.1, -0.05) is 12.8 Å². The summed E-state index contributed by atoms with van der Waals surface area (Å²) in [5.74, 6) is 2.25. The standard InChI is InChI=1S/C12H18N4/c13-11-9-7-14-6-5-10(9)15-12(16-11)8-3-1-2-4-8/h8,14H,1-7H2,(H2,13,15,16). The zero-order valence-electron chi connectivity index (χ0n) is 9.50. The Morgan fingerprint density at radius 1 is 1.19 bits per heavy atom. The Labute approximate surface area is 95.7 Å². The van der Waals surface area contributed by atoms with Gasteiger partial charge in [-0.25, -0.2) is 9.97 Å². The fourth-order valence-electron chi connectivity index (χ4n) is 2.76. The molecule has 0 aromatic carbocycles. The van der Waals surface area contributed by atoms with Crippen LogP contribution in [0.25, 0.3) is 0 Å². The highest BCUT2D eigenvalue weighted by atomic mass is 15.0. The van der Waals surface area contributed by atoms with Gasteiger partial charge in [0, 0.05) is 31.0 Å². The van der Waals surface area contributed by atoms with Crippen LogP contribution in [0.1, 0.15) is 48.7 Å². The van der Waals surface area contributed by atoms with Crippen LogP contribution in [0.2, 0.25) is 0 Å². The molecule has 86 valence electrons. The van der Waals surface area contributed by atoms with Gasteiger partial charge >= 0.3 is 0 Å². The number of nitrogens with zero attached hydrogens (tertiary/aromatic N) is 2. The van der Waals surface area contributed by atoms with Crippen molar-refractivity contribution in [3.8, 4) is 0 Å². The number of anilines is 1. The maximum Gasteiger partial charge on any atom is 0.134 e. The second-order valence-electron chi connectivity index (χ2n) is 4.80. The molecule has 3 N–H and O–H groups in total. The fourth-order valence-corrected chi connectivity index (χ4v) is 2.76. The topological polar surface area (TPSA) is 63.8 Å². The molecule has 1 aliphatic heterocycles. The smallest absolute Gasteiger partial charge is 0.134 e. The maximum atomic E-state index is 6.02. The molecule has 0 bridgehead atoms. The summed E-state index contributed by atoms with van der Waals surface area (Å²) in [6.45, 7) is 1.83. The van der Waals surface area contributed by atoms with Crippen molar-refractivity contribution in [2.75, 3.05) is 12.3 Å². The lowest BCUT2D eigenvalue weighted by Crippen LogP contribution is -2.27. The van der Waals surface area contributed by atoms with E-state index in [1.54, 1.807) is 0 Å². The zero-order chi connectivity index (χ0) is 11.0. The van der Waals surface area contributed by atoms with Gasteiger partial charge < -0.3 is 11.1 Å². The van der Waals surface area contributed by atoms with Gasteiger partial charge in [-0.3, -0.25) is 0 Å². The number of aromatic nitrogens is 2. The lowest BCUT2D eigenvalue weighted by atomic mass is 10.0. The van der Waals surface area contributed by atoms with Crippen LogP contribution in [-0.4, -0.2) is 16.5 Å². The van der Waals surface area contributed by atoms with Crippen LogP contribution in [0.3, 0.4) is 0 Å². The van der Waals surface area contributed by atoms with Crippen LogP contribution in [0.4, 0.5) is 5.82 Å². The van der Waals surface area contributed by atoms with E-state index in [1.165, 1.54) is 31.4 Å². The van der Waals surface area contributed by atoms with Gasteiger partial charge in [0.15, 0.2) is 0 Å². The van der Waals surface area contributed by atoms with E-state index in [1.807, 2.05) is 0 Å². The number of fused-ring (bicyclic) bond motifs is 1. The predicted molar refractivity (Wildman–Crippen MR) is 63.1 cm³/mol. The number of hydrogen-bond donors (Lipinski definition) is 2. The average molecular weight is 218 g/mol. The molecule has 2 aliphatic rings. The van der Waals surface area contributed by atoms with Crippen LogP contribution in [0.5, 0.6) is 0 Å². The first-order chi connectivity index (χ1) is 7.84.